The van der Waals surface area contributed by atoms with Gasteiger partial charge in [0.05, 0.1) is 25.3 Å². The monoisotopic (exact) mass is 429 g/mol. The Morgan fingerprint density at radius 3 is 2.38 bits per heavy atom. The molecule has 3 atom stereocenters. The summed E-state index contributed by atoms with van der Waals surface area (Å²) in [6.07, 6.45) is 2.52. The van der Waals surface area contributed by atoms with Gasteiger partial charge < -0.3 is 37.5 Å². The Bertz CT molecular complexity index is 742. The molecule has 0 saturated heterocycles. The number of rotatable bonds is 12. The summed E-state index contributed by atoms with van der Waals surface area (Å²) in [7, 11) is 0. The minimum Gasteiger partial charge on any atom is -0.480 e. The molecule has 0 fully saturated rings. The van der Waals surface area contributed by atoms with E-state index < -0.39 is 60.7 Å². The number of nitrogens with one attached hydrogen (secondary N) is 4. The van der Waals surface area contributed by atoms with Gasteiger partial charge in [0.25, 0.3) is 0 Å². The van der Waals surface area contributed by atoms with Gasteiger partial charge in [0.15, 0.2) is 0 Å². The molecule has 0 saturated carbocycles. The predicted molar refractivity (Wildman–Crippen MR) is 102 cm³/mol. The van der Waals surface area contributed by atoms with Crippen LogP contribution in [-0.4, -0.2) is 75.1 Å². The third kappa shape index (κ3) is 8.61. The highest BCUT2D eigenvalue weighted by molar-refractivity contribution is 7.80. The number of primary amides is 1. The zero-order valence-corrected chi connectivity index (χ0v) is 16.1. The highest BCUT2D eigenvalue weighted by Gasteiger charge is 2.25. The molecule has 1 heterocycles. The molecule has 3 unspecified atom stereocenters. The highest BCUT2D eigenvalue weighted by atomic mass is 32.1. The summed E-state index contributed by atoms with van der Waals surface area (Å²) in [5.41, 5.74) is 11.3. The van der Waals surface area contributed by atoms with E-state index in [-0.39, 0.29) is 12.2 Å². The van der Waals surface area contributed by atoms with Gasteiger partial charge in [-0.2, -0.15) is 12.6 Å². The number of hydrogen-bond donors (Lipinski definition) is 8. The van der Waals surface area contributed by atoms with Crippen LogP contribution in [0.4, 0.5) is 0 Å². The Morgan fingerprint density at radius 1 is 1.17 bits per heavy atom. The predicted octanol–water partition coefficient (Wildman–Crippen LogP) is -3.74. The lowest BCUT2D eigenvalue weighted by molar-refractivity contribution is -0.143. The van der Waals surface area contributed by atoms with Crippen LogP contribution in [0.1, 0.15) is 12.1 Å². The zero-order valence-electron chi connectivity index (χ0n) is 15.3. The fraction of sp³-hybridized carbons (Fsp3) is 0.467. The maximum absolute atomic E-state index is 12.1. The Hall–Kier alpha value is -3.13. The number of aromatic amines is 1. The number of aliphatic carboxylic acids is 1. The standard InChI is InChI=1S/C15H23N7O6S/c16-8(1-7-3-18-6-20-7)13(25)22-10(5-29)14(26)19-4-12(24)21-9(15(27)28)2-11(17)23/h3,6,8-10,29H,1-2,4-5,16H2,(H2,17,23)(H,18,20)(H,19,26)(H,21,24)(H,22,25)(H,27,28). The van der Waals surface area contributed by atoms with Crippen LogP contribution in [0.5, 0.6) is 0 Å². The molecule has 0 aliphatic rings. The molecular weight excluding hydrogens is 406 g/mol. The Kier molecular flexibility index (Phi) is 9.61. The summed E-state index contributed by atoms with van der Waals surface area (Å²) in [5.74, 6) is -4.62. The van der Waals surface area contributed by atoms with E-state index in [4.69, 9.17) is 16.6 Å². The largest absolute Gasteiger partial charge is 0.480 e. The Morgan fingerprint density at radius 2 is 1.86 bits per heavy atom. The van der Waals surface area contributed by atoms with E-state index in [1.807, 2.05) is 0 Å². The van der Waals surface area contributed by atoms with E-state index in [0.717, 1.165) is 0 Å². The van der Waals surface area contributed by atoms with Gasteiger partial charge in [-0.1, -0.05) is 0 Å². The lowest BCUT2D eigenvalue weighted by atomic mass is 10.1. The molecule has 0 radical (unpaired) electrons. The first-order valence-electron chi connectivity index (χ1n) is 8.36. The second kappa shape index (κ2) is 11.7. The van der Waals surface area contributed by atoms with Crippen molar-refractivity contribution in [3.05, 3.63) is 18.2 Å². The average molecular weight is 429 g/mol. The number of imidazole rings is 1. The zero-order chi connectivity index (χ0) is 22.0. The average Bonchev–Trinajstić information content (AvgIpc) is 3.15. The minimum absolute atomic E-state index is 0.0740. The number of aromatic nitrogens is 2. The Labute approximate surface area is 170 Å². The summed E-state index contributed by atoms with van der Waals surface area (Å²) < 4.78 is 0. The number of carboxylic acids is 1. The van der Waals surface area contributed by atoms with E-state index in [1.54, 1.807) is 0 Å². The summed E-state index contributed by atoms with van der Waals surface area (Å²) >= 11 is 3.99. The summed E-state index contributed by atoms with van der Waals surface area (Å²) in [4.78, 5) is 64.5. The van der Waals surface area contributed by atoms with Crippen molar-refractivity contribution in [2.24, 2.45) is 11.5 Å². The molecule has 0 aliphatic heterocycles. The second-order valence-corrected chi connectivity index (χ2v) is 6.34. The molecule has 13 nitrogen and oxygen atoms in total. The molecule has 1 rings (SSSR count). The molecule has 9 N–H and O–H groups in total. The van der Waals surface area contributed by atoms with Crippen LogP contribution >= 0.6 is 12.6 Å². The second-order valence-electron chi connectivity index (χ2n) is 5.98. The molecule has 160 valence electrons. The molecule has 29 heavy (non-hydrogen) atoms. The molecule has 4 amide bonds. The van der Waals surface area contributed by atoms with Gasteiger partial charge in [-0.05, 0) is 0 Å². The van der Waals surface area contributed by atoms with Crippen LogP contribution in [0.25, 0.3) is 0 Å². The third-order valence-electron chi connectivity index (χ3n) is 3.61. The lowest BCUT2D eigenvalue weighted by Gasteiger charge is -2.19. The number of amides is 4. The van der Waals surface area contributed by atoms with Gasteiger partial charge in [-0.25, -0.2) is 9.78 Å². The van der Waals surface area contributed by atoms with E-state index >= 15 is 0 Å². The van der Waals surface area contributed by atoms with Crippen molar-refractivity contribution in [2.75, 3.05) is 12.3 Å². The number of hydrogen-bond acceptors (Lipinski definition) is 8. The van der Waals surface area contributed by atoms with Crippen LogP contribution in [0.15, 0.2) is 12.5 Å². The molecule has 0 bridgehead atoms. The van der Waals surface area contributed by atoms with Crippen molar-refractivity contribution in [1.29, 1.82) is 0 Å². The van der Waals surface area contributed by atoms with Gasteiger partial charge >= 0.3 is 5.97 Å². The fourth-order valence-corrected chi connectivity index (χ4v) is 2.39. The molecule has 1 aromatic heterocycles. The number of carbonyl (C=O) groups is 5. The maximum atomic E-state index is 12.1. The maximum Gasteiger partial charge on any atom is 0.326 e. The van der Waals surface area contributed by atoms with Crippen LogP contribution in [-0.2, 0) is 30.4 Å². The molecule has 0 aliphatic carbocycles. The number of carboxylic acid groups (broad SMARTS) is 1. The number of thiol groups is 1. The molecular formula is C15H23N7O6S. The minimum atomic E-state index is -1.52. The van der Waals surface area contributed by atoms with Gasteiger partial charge in [0, 0.05) is 24.1 Å². The number of nitrogens with two attached hydrogens (primary N) is 2. The number of carbonyl (C=O) groups excluding carboxylic acids is 4. The molecule has 1 aromatic rings. The van der Waals surface area contributed by atoms with E-state index in [1.165, 1.54) is 12.5 Å². The van der Waals surface area contributed by atoms with Crippen molar-refractivity contribution in [3.8, 4) is 0 Å². The van der Waals surface area contributed by atoms with Crippen LogP contribution < -0.4 is 27.4 Å². The first kappa shape index (κ1) is 23.9. The van der Waals surface area contributed by atoms with Gasteiger partial charge in [0.2, 0.25) is 23.6 Å². The third-order valence-corrected chi connectivity index (χ3v) is 3.97. The summed E-state index contributed by atoms with van der Waals surface area (Å²) in [6.45, 7) is -0.582. The Balaban J connectivity index is 2.50. The number of nitrogens with zero attached hydrogens (tertiary/aromatic N) is 1. The van der Waals surface area contributed by atoms with Crippen molar-refractivity contribution in [1.82, 2.24) is 25.9 Å². The van der Waals surface area contributed by atoms with E-state index in [2.05, 4.69) is 38.5 Å². The first-order chi connectivity index (χ1) is 13.6. The SMILES string of the molecule is NC(=O)CC(NC(=O)CNC(=O)C(CS)NC(=O)C(N)Cc1cnc[nH]1)C(=O)O. The van der Waals surface area contributed by atoms with Crippen molar-refractivity contribution >= 4 is 42.2 Å². The van der Waals surface area contributed by atoms with Crippen molar-refractivity contribution in [2.45, 2.75) is 31.0 Å². The normalized spacial score (nSPS) is 13.6. The first-order valence-corrected chi connectivity index (χ1v) is 8.99. The van der Waals surface area contributed by atoms with Gasteiger partial charge in [-0.3, -0.25) is 19.2 Å². The fourth-order valence-electron chi connectivity index (χ4n) is 2.14. The van der Waals surface area contributed by atoms with Gasteiger partial charge in [0.1, 0.15) is 12.1 Å². The quantitative estimate of drug-likeness (QED) is 0.154. The summed E-state index contributed by atoms with van der Waals surface area (Å²) in [6, 6.07) is -3.54. The molecule has 14 heteroatoms. The lowest BCUT2D eigenvalue weighted by Crippen LogP contribution is -2.54. The number of H-pyrrole nitrogens is 1. The van der Waals surface area contributed by atoms with E-state index in [9.17, 15) is 24.0 Å². The highest BCUT2D eigenvalue weighted by Crippen LogP contribution is 1.98. The summed E-state index contributed by atoms with van der Waals surface area (Å²) in [5, 5.41) is 15.6. The molecule has 0 spiro atoms. The van der Waals surface area contributed by atoms with Crippen molar-refractivity contribution in [3.63, 3.8) is 0 Å². The van der Waals surface area contributed by atoms with E-state index in [0.29, 0.717) is 5.69 Å². The van der Waals surface area contributed by atoms with Gasteiger partial charge in [-0.15, -0.1) is 0 Å². The van der Waals surface area contributed by atoms with Crippen LogP contribution in [0.3, 0.4) is 0 Å². The van der Waals surface area contributed by atoms with Crippen molar-refractivity contribution < 1.29 is 29.1 Å². The molecule has 0 aromatic carbocycles. The smallest absolute Gasteiger partial charge is 0.326 e. The van der Waals surface area contributed by atoms with Crippen LogP contribution in [0, 0.1) is 0 Å². The topological polar surface area (TPSA) is 222 Å². The van der Waals surface area contributed by atoms with Crippen LogP contribution in [0.2, 0.25) is 0 Å².